The van der Waals surface area contributed by atoms with E-state index in [0.29, 0.717) is 6.54 Å². The van der Waals surface area contributed by atoms with Crippen LogP contribution in [0.4, 0.5) is 4.79 Å². The van der Waals surface area contributed by atoms with Gasteiger partial charge in [0.25, 0.3) is 0 Å². The van der Waals surface area contributed by atoms with Crippen molar-refractivity contribution in [2.75, 3.05) is 0 Å². The van der Waals surface area contributed by atoms with Crippen LogP contribution in [-0.2, 0) is 13.0 Å². The average Bonchev–Trinajstić information content (AvgIpc) is 2.17. The number of carbonyl (C=O) groups is 1. The molecular weight excluding hydrogens is 258 g/mol. The number of carboxylic acid groups (broad SMARTS) is 1. The highest BCUT2D eigenvalue weighted by Crippen LogP contribution is 2.25. The average molecular weight is 270 g/mol. The standard InChI is InChI=1S/C11H12BrNO2/c1-7-4-8-2-3-10(12)5-9(8)6-13(7)11(14)15/h2-3,5,7H,4,6H2,1H3,(H,14,15). The van der Waals surface area contributed by atoms with Gasteiger partial charge in [0.2, 0.25) is 0 Å². The molecule has 2 rings (SSSR count). The molecule has 0 spiro atoms. The zero-order chi connectivity index (χ0) is 11.0. The molecule has 1 aromatic rings. The van der Waals surface area contributed by atoms with Crippen LogP contribution in [-0.4, -0.2) is 22.1 Å². The molecule has 0 aromatic heterocycles. The van der Waals surface area contributed by atoms with Gasteiger partial charge >= 0.3 is 6.09 Å². The zero-order valence-corrected chi connectivity index (χ0v) is 9.99. The van der Waals surface area contributed by atoms with Crippen molar-refractivity contribution >= 4 is 22.0 Å². The molecule has 1 aliphatic rings. The van der Waals surface area contributed by atoms with E-state index in [1.165, 1.54) is 10.5 Å². The topological polar surface area (TPSA) is 40.5 Å². The van der Waals surface area contributed by atoms with Gasteiger partial charge in [0.05, 0.1) is 0 Å². The molecule has 1 heterocycles. The summed E-state index contributed by atoms with van der Waals surface area (Å²) in [5.74, 6) is 0. The highest BCUT2D eigenvalue weighted by atomic mass is 79.9. The molecule has 1 N–H and O–H groups in total. The molecule has 1 aliphatic heterocycles. The van der Waals surface area contributed by atoms with Crippen molar-refractivity contribution in [1.82, 2.24) is 4.90 Å². The lowest BCUT2D eigenvalue weighted by Crippen LogP contribution is -2.41. The van der Waals surface area contributed by atoms with E-state index in [4.69, 9.17) is 5.11 Å². The molecule has 1 atom stereocenters. The molecule has 0 saturated heterocycles. The summed E-state index contributed by atoms with van der Waals surface area (Å²) in [6.45, 7) is 2.43. The minimum absolute atomic E-state index is 0.0659. The molecule has 0 fully saturated rings. The Hall–Kier alpha value is -1.03. The van der Waals surface area contributed by atoms with E-state index >= 15 is 0 Å². The number of rotatable bonds is 0. The molecule has 0 saturated carbocycles. The van der Waals surface area contributed by atoms with E-state index in [2.05, 4.69) is 22.0 Å². The lowest BCUT2D eigenvalue weighted by Gasteiger charge is -2.32. The normalized spacial score (nSPS) is 19.9. The van der Waals surface area contributed by atoms with Gasteiger partial charge in [0.1, 0.15) is 0 Å². The molecule has 1 aromatic carbocycles. The van der Waals surface area contributed by atoms with Gasteiger partial charge in [-0.1, -0.05) is 22.0 Å². The van der Waals surface area contributed by atoms with Crippen LogP contribution in [0.3, 0.4) is 0 Å². The zero-order valence-electron chi connectivity index (χ0n) is 8.40. The molecule has 0 radical (unpaired) electrons. The van der Waals surface area contributed by atoms with Crippen LogP contribution in [0.25, 0.3) is 0 Å². The quantitative estimate of drug-likeness (QED) is 0.787. The number of hydrogen-bond donors (Lipinski definition) is 1. The summed E-state index contributed by atoms with van der Waals surface area (Å²) in [5, 5.41) is 9.02. The minimum atomic E-state index is -0.840. The van der Waals surface area contributed by atoms with E-state index < -0.39 is 6.09 Å². The van der Waals surface area contributed by atoms with Crippen LogP contribution in [0.5, 0.6) is 0 Å². The van der Waals surface area contributed by atoms with Gasteiger partial charge in [-0.05, 0) is 36.6 Å². The lowest BCUT2D eigenvalue weighted by molar-refractivity contribution is 0.119. The van der Waals surface area contributed by atoms with Gasteiger partial charge in [-0.2, -0.15) is 0 Å². The summed E-state index contributed by atoms with van der Waals surface area (Å²) in [6, 6.07) is 6.13. The fourth-order valence-electron chi connectivity index (χ4n) is 1.96. The summed E-state index contributed by atoms with van der Waals surface area (Å²) < 4.78 is 1.00. The van der Waals surface area contributed by atoms with Crippen molar-refractivity contribution in [3.8, 4) is 0 Å². The Balaban J connectivity index is 2.34. The summed E-state index contributed by atoms with van der Waals surface area (Å²) in [4.78, 5) is 12.5. The molecule has 1 unspecified atom stereocenters. The third-order valence-corrected chi connectivity index (χ3v) is 3.30. The Morgan fingerprint density at radius 1 is 1.53 bits per heavy atom. The Morgan fingerprint density at radius 3 is 2.93 bits per heavy atom. The van der Waals surface area contributed by atoms with Crippen LogP contribution < -0.4 is 0 Å². The van der Waals surface area contributed by atoms with Crippen LogP contribution in [0.1, 0.15) is 18.1 Å². The van der Waals surface area contributed by atoms with Crippen LogP contribution in [0.15, 0.2) is 22.7 Å². The number of fused-ring (bicyclic) bond motifs is 1. The summed E-state index contributed by atoms with van der Waals surface area (Å²) in [7, 11) is 0. The predicted octanol–water partition coefficient (Wildman–Crippen LogP) is 2.87. The van der Waals surface area contributed by atoms with Crippen molar-refractivity contribution < 1.29 is 9.90 Å². The second-order valence-corrected chi connectivity index (χ2v) is 4.79. The lowest BCUT2D eigenvalue weighted by atomic mass is 9.95. The summed E-state index contributed by atoms with van der Waals surface area (Å²) >= 11 is 3.40. The molecule has 0 aliphatic carbocycles. The van der Waals surface area contributed by atoms with E-state index in [-0.39, 0.29) is 6.04 Å². The third-order valence-electron chi connectivity index (χ3n) is 2.80. The van der Waals surface area contributed by atoms with Crippen LogP contribution in [0.2, 0.25) is 0 Å². The van der Waals surface area contributed by atoms with Crippen LogP contribution >= 0.6 is 15.9 Å². The number of amides is 1. The van der Waals surface area contributed by atoms with Gasteiger partial charge in [-0.15, -0.1) is 0 Å². The Labute approximate surface area is 96.8 Å². The van der Waals surface area contributed by atoms with Gasteiger partial charge in [-0.3, -0.25) is 0 Å². The number of hydrogen-bond acceptors (Lipinski definition) is 1. The first-order chi connectivity index (χ1) is 7.08. The van der Waals surface area contributed by atoms with Crippen molar-refractivity contribution in [3.63, 3.8) is 0 Å². The first kappa shape index (κ1) is 10.5. The first-order valence-corrected chi connectivity index (χ1v) is 5.64. The van der Waals surface area contributed by atoms with E-state index in [9.17, 15) is 4.79 Å². The number of halogens is 1. The summed E-state index contributed by atoms with van der Waals surface area (Å²) in [5.41, 5.74) is 2.35. The molecular formula is C11H12BrNO2. The molecule has 4 heteroatoms. The van der Waals surface area contributed by atoms with Crippen molar-refractivity contribution in [2.24, 2.45) is 0 Å². The van der Waals surface area contributed by atoms with Gasteiger partial charge in [-0.25, -0.2) is 4.79 Å². The largest absolute Gasteiger partial charge is 0.465 e. The van der Waals surface area contributed by atoms with Gasteiger partial charge < -0.3 is 10.0 Å². The Kier molecular flexibility index (Phi) is 2.69. The number of benzene rings is 1. The Morgan fingerprint density at radius 2 is 2.27 bits per heavy atom. The molecule has 3 nitrogen and oxygen atoms in total. The third kappa shape index (κ3) is 2.00. The maximum atomic E-state index is 11.0. The Bertz CT molecular complexity index is 406. The predicted molar refractivity (Wildman–Crippen MR) is 60.9 cm³/mol. The molecule has 15 heavy (non-hydrogen) atoms. The number of nitrogens with zero attached hydrogens (tertiary/aromatic N) is 1. The smallest absolute Gasteiger partial charge is 0.407 e. The second kappa shape index (κ2) is 3.85. The maximum absolute atomic E-state index is 11.0. The SMILES string of the molecule is CC1Cc2ccc(Br)cc2CN1C(=O)O. The molecule has 1 amide bonds. The fourth-order valence-corrected chi connectivity index (χ4v) is 2.37. The fraction of sp³-hybridized carbons (Fsp3) is 0.364. The highest BCUT2D eigenvalue weighted by Gasteiger charge is 2.26. The maximum Gasteiger partial charge on any atom is 0.407 e. The summed E-state index contributed by atoms with van der Waals surface area (Å²) in [6.07, 6.45) is -0.0392. The van der Waals surface area contributed by atoms with E-state index in [1.807, 2.05) is 19.1 Å². The highest BCUT2D eigenvalue weighted by molar-refractivity contribution is 9.10. The van der Waals surface area contributed by atoms with Crippen molar-refractivity contribution in [2.45, 2.75) is 25.9 Å². The van der Waals surface area contributed by atoms with Gasteiger partial charge in [0.15, 0.2) is 0 Å². The molecule has 80 valence electrons. The van der Waals surface area contributed by atoms with E-state index in [1.54, 1.807) is 0 Å². The molecule has 0 bridgehead atoms. The second-order valence-electron chi connectivity index (χ2n) is 3.88. The monoisotopic (exact) mass is 269 g/mol. The van der Waals surface area contributed by atoms with Crippen LogP contribution in [0, 0.1) is 0 Å². The van der Waals surface area contributed by atoms with E-state index in [0.717, 1.165) is 16.5 Å². The minimum Gasteiger partial charge on any atom is -0.465 e. The van der Waals surface area contributed by atoms with Gasteiger partial charge in [0, 0.05) is 17.1 Å². The first-order valence-electron chi connectivity index (χ1n) is 4.85. The van der Waals surface area contributed by atoms with Crippen molar-refractivity contribution in [1.29, 1.82) is 0 Å². The van der Waals surface area contributed by atoms with Crippen molar-refractivity contribution in [3.05, 3.63) is 33.8 Å².